The van der Waals surface area contributed by atoms with Gasteiger partial charge in [-0.05, 0) is 43.4 Å². The minimum atomic E-state index is 0.0449. The Balaban J connectivity index is 2.07. The molecule has 1 aromatic heterocycles. The van der Waals surface area contributed by atoms with Gasteiger partial charge in [-0.25, -0.2) is 0 Å². The van der Waals surface area contributed by atoms with E-state index in [9.17, 15) is 9.59 Å². The van der Waals surface area contributed by atoms with Crippen LogP contribution in [-0.4, -0.2) is 12.9 Å². The van der Waals surface area contributed by atoms with Gasteiger partial charge in [-0.1, -0.05) is 13.3 Å². The summed E-state index contributed by atoms with van der Waals surface area (Å²) in [5.74, 6) is 1.34. The molecular weight excluding hydrogens is 284 g/mol. The average Bonchev–Trinajstić information content (AvgIpc) is 2.52. The third-order valence-electron chi connectivity index (χ3n) is 4.21. The number of hydrogen-bond donors (Lipinski definition) is 0. The lowest BCUT2D eigenvalue weighted by molar-refractivity contribution is -0.109. The molecule has 110 valence electrons. The lowest BCUT2D eigenvalue weighted by Crippen LogP contribution is -2.20. The highest BCUT2D eigenvalue weighted by Gasteiger charge is 2.21. The summed E-state index contributed by atoms with van der Waals surface area (Å²) in [5.41, 5.74) is 1.19. The third-order valence-corrected chi connectivity index (χ3v) is 5.43. The molecule has 0 saturated heterocycles. The van der Waals surface area contributed by atoms with Crippen molar-refractivity contribution in [2.75, 3.05) is 6.61 Å². The predicted octanol–water partition coefficient (Wildman–Crippen LogP) is 3.35. The molecule has 0 radical (unpaired) electrons. The third kappa shape index (κ3) is 2.72. The summed E-state index contributed by atoms with van der Waals surface area (Å²) in [6, 6.07) is 5.46. The van der Waals surface area contributed by atoms with Crippen LogP contribution in [0.5, 0.6) is 5.75 Å². The molecule has 1 aliphatic rings. The van der Waals surface area contributed by atoms with E-state index in [4.69, 9.17) is 4.74 Å². The molecule has 3 rings (SSSR count). The molecule has 1 atom stereocenters. The highest BCUT2D eigenvalue weighted by atomic mass is 32.1. The van der Waals surface area contributed by atoms with Crippen molar-refractivity contribution in [1.29, 1.82) is 0 Å². The number of rotatable bonds is 4. The van der Waals surface area contributed by atoms with Crippen molar-refractivity contribution in [2.45, 2.75) is 32.6 Å². The van der Waals surface area contributed by atoms with Crippen LogP contribution in [0.25, 0.3) is 10.1 Å². The van der Waals surface area contributed by atoms with Gasteiger partial charge in [0, 0.05) is 20.5 Å². The number of carbonyl (C=O) groups excluding carboxylic acids is 1. The zero-order valence-electron chi connectivity index (χ0n) is 12.1. The van der Waals surface area contributed by atoms with E-state index >= 15 is 0 Å². The number of benzene rings is 1. The van der Waals surface area contributed by atoms with Crippen molar-refractivity contribution in [3.8, 4) is 5.75 Å². The summed E-state index contributed by atoms with van der Waals surface area (Å²) in [4.78, 5) is 24.2. The Morgan fingerprint density at radius 2 is 2.29 bits per heavy atom. The van der Waals surface area contributed by atoms with Crippen LogP contribution in [0.2, 0.25) is 0 Å². The molecule has 3 nitrogen and oxygen atoms in total. The molecule has 21 heavy (non-hydrogen) atoms. The first-order chi connectivity index (χ1) is 10.2. The first-order valence-corrected chi connectivity index (χ1v) is 8.19. The van der Waals surface area contributed by atoms with Gasteiger partial charge in [-0.2, -0.15) is 0 Å². The molecule has 0 bridgehead atoms. The van der Waals surface area contributed by atoms with Gasteiger partial charge in [0.15, 0.2) is 11.7 Å². The molecule has 1 heterocycles. The van der Waals surface area contributed by atoms with Crippen molar-refractivity contribution in [1.82, 2.24) is 0 Å². The van der Waals surface area contributed by atoms with Crippen molar-refractivity contribution in [3.05, 3.63) is 38.9 Å². The van der Waals surface area contributed by atoms with E-state index in [2.05, 4.69) is 6.92 Å². The van der Waals surface area contributed by atoms with E-state index in [1.807, 2.05) is 12.1 Å². The standard InChI is InChI=1S/C17H18O3S/c1-2-11-3-5-13-15(9-11)21-16-10-12(20-8-7-18)4-6-14(16)17(13)19/h4,6-7,10-11H,2-3,5,8-9H2,1H3. The van der Waals surface area contributed by atoms with Gasteiger partial charge in [0.1, 0.15) is 12.4 Å². The van der Waals surface area contributed by atoms with Crippen molar-refractivity contribution >= 4 is 27.7 Å². The van der Waals surface area contributed by atoms with Gasteiger partial charge < -0.3 is 4.74 Å². The molecule has 0 fully saturated rings. The fraction of sp³-hybridized carbons (Fsp3) is 0.412. The number of hydrogen-bond acceptors (Lipinski definition) is 4. The fourth-order valence-electron chi connectivity index (χ4n) is 2.96. The monoisotopic (exact) mass is 302 g/mol. The quantitative estimate of drug-likeness (QED) is 0.813. The van der Waals surface area contributed by atoms with Crippen LogP contribution in [0.15, 0.2) is 23.0 Å². The summed E-state index contributed by atoms with van der Waals surface area (Å²) in [5, 5.41) is 0.771. The molecule has 1 aliphatic carbocycles. The van der Waals surface area contributed by atoms with Crippen LogP contribution in [0.1, 0.15) is 30.2 Å². The van der Waals surface area contributed by atoms with Crippen LogP contribution in [0, 0.1) is 5.92 Å². The molecular formula is C17H18O3S. The molecule has 0 spiro atoms. The van der Waals surface area contributed by atoms with E-state index in [-0.39, 0.29) is 12.0 Å². The van der Waals surface area contributed by atoms with Crippen molar-refractivity contribution in [2.24, 2.45) is 5.92 Å². The second-order valence-electron chi connectivity index (χ2n) is 5.49. The second-order valence-corrected chi connectivity index (χ2v) is 6.62. The molecule has 0 aliphatic heterocycles. The van der Waals surface area contributed by atoms with Gasteiger partial charge in [0.05, 0.1) is 0 Å². The Kier molecular flexibility index (Phi) is 4.06. The van der Waals surface area contributed by atoms with Crippen LogP contribution >= 0.6 is 11.3 Å². The molecule has 0 saturated carbocycles. The number of carbonyl (C=O) groups is 1. The summed E-state index contributed by atoms with van der Waals surface area (Å²) in [6.07, 6.45) is 4.94. The molecule has 1 aromatic carbocycles. The fourth-order valence-corrected chi connectivity index (χ4v) is 4.31. The molecule has 0 amide bonds. The van der Waals surface area contributed by atoms with Gasteiger partial charge in [-0.3, -0.25) is 9.59 Å². The smallest absolute Gasteiger partial charge is 0.191 e. The van der Waals surface area contributed by atoms with E-state index in [1.54, 1.807) is 17.4 Å². The lowest BCUT2D eigenvalue weighted by Gasteiger charge is -2.22. The lowest BCUT2D eigenvalue weighted by atomic mass is 9.87. The van der Waals surface area contributed by atoms with Crippen molar-refractivity contribution in [3.63, 3.8) is 0 Å². The van der Waals surface area contributed by atoms with Gasteiger partial charge in [0.2, 0.25) is 0 Å². The Morgan fingerprint density at radius 1 is 1.43 bits per heavy atom. The van der Waals surface area contributed by atoms with E-state index < -0.39 is 0 Å². The molecule has 4 heteroatoms. The first-order valence-electron chi connectivity index (χ1n) is 7.38. The second kappa shape index (κ2) is 5.98. The summed E-state index contributed by atoms with van der Waals surface area (Å²) < 4.78 is 6.28. The largest absolute Gasteiger partial charge is 0.486 e. The summed E-state index contributed by atoms with van der Waals surface area (Å²) >= 11 is 1.70. The van der Waals surface area contributed by atoms with Crippen molar-refractivity contribution < 1.29 is 9.53 Å². The SMILES string of the molecule is CCC1CCc2c(sc3cc(OCC=O)ccc3c2=O)C1. The average molecular weight is 302 g/mol. The van der Waals surface area contributed by atoms with Gasteiger partial charge >= 0.3 is 0 Å². The Hall–Kier alpha value is -1.68. The Morgan fingerprint density at radius 3 is 3.05 bits per heavy atom. The highest BCUT2D eigenvalue weighted by molar-refractivity contribution is 7.18. The van der Waals surface area contributed by atoms with Gasteiger partial charge in [0.25, 0.3) is 0 Å². The van der Waals surface area contributed by atoms with E-state index in [0.717, 1.165) is 41.2 Å². The zero-order valence-corrected chi connectivity index (χ0v) is 12.9. The molecule has 1 unspecified atom stereocenters. The number of aldehydes is 1. The minimum absolute atomic E-state index is 0.0449. The zero-order chi connectivity index (χ0) is 14.8. The van der Waals surface area contributed by atoms with Crippen LogP contribution in [0.3, 0.4) is 0 Å². The first kappa shape index (κ1) is 14.3. The van der Waals surface area contributed by atoms with Crippen LogP contribution < -0.4 is 10.2 Å². The Bertz CT molecular complexity index is 733. The minimum Gasteiger partial charge on any atom is -0.486 e. The van der Waals surface area contributed by atoms with Crippen LogP contribution in [0.4, 0.5) is 0 Å². The summed E-state index contributed by atoms with van der Waals surface area (Å²) in [7, 11) is 0. The van der Waals surface area contributed by atoms with E-state index in [0.29, 0.717) is 11.7 Å². The highest BCUT2D eigenvalue weighted by Crippen LogP contribution is 2.33. The summed E-state index contributed by atoms with van der Waals surface area (Å²) in [6.45, 7) is 2.26. The Labute approximate surface area is 127 Å². The van der Waals surface area contributed by atoms with Crippen LogP contribution in [-0.2, 0) is 17.6 Å². The predicted molar refractivity (Wildman–Crippen MR) is 85.5 cm³/mol. The maximum absolute atomic E-state index is 12.6. The molecule has 2 aromatic rings. The maximum atomic E-state index is 12.6. The molecule has 0 N–H and O–H groups in total. The van der Waals surface area contributed by atoms with Gasteiger partial charge in [-0.15, -0.1) is 11.3 Å². The van der Waals surface area contributed by atoms with E-state index in [1.165, 1.54) is 11.3 Å². The normalized spacial score (nSPS) is 17.5. The number of ether oxygens (including phenoxy) is 1. The maximum Gasteiger partial charge on any atom is 0.191 e. The topological polar surface area (TPSA) is 43.4 Å². The number of fused-ring (bicyclic) bond motifs is 2.